The maximum atomic E-state index is 6.13. The largest absolute Gasteiger partial charge is 0.373 e. The van der Waals surface area contributed by atoms with Crippen LogP contribution in [0, 0.1) is 0 Å². The molecule has 2 nitrogen and oxygen atoms in total. The van der Waals surface area contributed by atoms with Gasteiger partial charge in [0.2, 0.25) is 0 Å². The number of hydrogen-bond donors (Lipinski definition) is 1. The van der Waals surface area contributed by atoms with Gasteiger partial charge in [-0.25, -0.2) is 0 Å². The van der Waals surface area contributed by atoms with E-state index in [9.17, 15) is 0 Å². The molecular formula is C21H33NO. The molecule has 2 heteroatoms. The molecule has 1 aromatic carbocycles. The van der Waals surface area contributed by atoms with Crippen LogP contribution in [-0.2, 0) is 17.8 Å². The Hall–Kier alpha value is -0.860. The van der Waals surface area contributed by atoms with Crippen molar-refractivity contribution in [3.05, 3.63) is 34.9 Å². The van der Waals surface area contributed by atoms with Crippen molar-refractivity contribution >= 4 is 0 Å². The molecule has 2 N–H and O–H groups in total. The summed E-state index contributed by atoms with van der Waals surface area (Å²) in [6.45, 7) is 3.08. The van der Waals surface area contributed by atoms with Gasteiger partial charge in [-0.15, -0.1) is 0 Å². The number of benzene rings is 1. The van der Waals surface area contributed by atoms with E-state index in [1.807, 2.05) is 0 Å². The van der Waals surface area contributed by atoms with Crippen molar-refractivity contribution < 1.29 is 4.74 Å². The summed E-state index contributed by atoms with van der Waals surface area (Å²) in [5.41, 5.74) is 10.5. The van der Waals surface area contributed by atoms with E-state index in [1.165, 1.54) is 68.1 Å². The van der Waals surface area contributed by atoms with Gasteiger partial charge in [0.05, 0.1) is 12.7 Å². The summed E-state index contributed by atoms with van der Waals surface area (Å²) >= 11 is 0. The normalized spacial score (nSPS) is 27.1. The first-order valence-electron chi connectivity index (χ1n) is 9.75. The summed E-state index contributed by atoms with van der Waals surface area (Å²) in [7, 11) is 0. The second-order valence-electron chi connectivity index (χ2n) is 7.64. The van der Waals surface area contributed by atoms with E-state index >= 15 is 0 Å². The lowest BCUT2D eigenvalue weighted by Gasteiger charge is -2.26. The first-order valence-corrected chi connectivity index (χ1v) is 9.75. The summed E-state index contributed by atoms with van der Waals surface area (Å²) in [4.78, 5) is 0. The fourth-order valence-corrected chi connectivity index (χ4v) is 4.23. The van der Waals surface area contributed by atoms with Gasteiger partial charge in [-0.2, -0.15) is 0 Å². The summed E-state index contributed by atoms with van der Waals surface area (Å²) in [5.74, 6) is 0.673. The van der Waals surface area contributed by atoms with E-state index in [2.05, 4.69) is 25.1 Å². The van der Waals surface area contributed by atoms with E-state index in [-0.39, 0.29) is 0 Å². The summed E-state index contributed by atoms with van der Waals surface area (Å²) in [5, 5.41) is 0. The lowest BCUT2D eigenvalue weighted by molar-refractivity contribution is 0.0216. The predicted molar refractivity (Wildman–Crippen MR) is 96.7 cm³/mol. The van der Waals surface area contributed by atoms with Crippen LogP contribution in [0.15, 0.2) is 18.2 Å². The molecule has 3 atom stereocenters. The molecule has 1 aromatic rings. The standard InChI is InChI=1S/C21H33NO/c1-2-3-4-5-6-7-21-14-18-9-8-16(12-19(18)15-23-21)17-10-11-20(22)13-17/h8-9,12,17,20-21H,2-7,10-11,13-15,22H2,1H3. The molecule has 1 aliphatic carbocycles. The monoisotopic (exact) mass is 315 g/mol. The van der Waals surface area contributed by atoms with E-state index in [0.717, 1.165) is 19.4 Å². The molecule has 3 rings (SSSR count). The molecule has 128 valence electrons. The zero-order chi connectivity index (χ0) is 16.1. The second-order valence-corrected chi connectivity index (χ2v) is 7.64. The van der Waals surface area contributed by atoms with Crippen molar-refractivity contribution in [2.24, 2.45) is 5.73 Å². The van der Waals surface area contributed by atoms with Gasteiger partial charge in [0.25, 0.3) is 0 Å². The number of hydrogen-bond acceptors (Lipinski definition) is 2. The Kier molecular flexibility index (Phi) is 6.13. The second kappa shape index (κ2) is 8.30. The van der Waals surface area contributed by atoms with Crippen LogP contribution in [0.1, 0.15) is 87.3 Å². The Morgan fingerprint density at radius 2 is 1.96 bits per heavy atom. The molecule has 0 radical (unpaired) electrons. The summed E-state index contributed by atoms with van der Waals surface area (Å²) in [6.07, 6.45) is 13.1. The minimum Gasteiger partial charge on any atom is -0.373 e. The molecule has 23 heavy (non-hydrogen) atoms. The maximum absolute atomic E-state index is 6.13. The minimum absolute atomic E-state index is 0.407. The molecule has 1 heterocycles. The fourth-order valence-electron chi connectivity index (χ4n) is 4.23. The predicted octanol–water partition coefficient (Wildman–Crippen LogP) is 5.08. The molecule has 3 unspecified atom stereocenters. The molecule has 1 aliphatic heterocycles. The Morgan fingerprint density at radius 3 is 2.74 bits per heavy atom. The number of ether oxygens (including phenoxy) is 1. The zero-order valence-corrected chi connectivity index (χ0v) is 14.7. The third-order valence-corrected chi connectivity index (χ3v) is 5.73. The molecule has 1 saturated carbocycles. The van der Waals surface area contributed by atoms with Crippen LogP contribution in [0.25, 0.3) is 0 Å². The van der Waals surface area contributed by atoms with Crippen LogP contribution < -0.4 is 5.73 Å². The topological polar surface area (TPSA) is 35.2 Å². The van der Waals surface area contributed by atoms with Crippen LogP contribution in [0.3, 0.4) is 0 Å². The van der Waals surface area contributed by atoms with E-state index in [1.54, 1.807) is 0 Å². The average molecular weight is 316 g/mol. The van der Waals surface area contributed by atoms with Gasteiger partial charge in [0.15, 0.2) is 0 Å². The quantitative estimate of drug-likeness (QED) is 0.712. The van der Waals surface area contributed by atoms with Crippen molar-refractivity contribution in [2.45, 2.75) is 95.8 Å². The Morgan fingerprint density at radius 1 is 1.09 bits per heavy atom. The first kappa shape index (κ1) is 17.0. The number of nitrogens with two attached hydrogens (primary N) is 1. The van der Waals surface area contributed by atoms with E-state index in [4.69, 9.17) is 10.5 Å². The lowest BCUT2D eigenvalue weighted by Crippen LogP contribution is -2.22. The van der Waals surface area contributed by atoms with Crippen molar-refractivity contribution in [1.29, 1.82) is 0 Å². The zero-order valence-electron chi connectivity index (χ0n) is 14.7. The minimum atomic E-state index is 0.407. The number of unbranched alkanes of at least 4 members (excludes halogenated alkanes) is 4. The Bertz CT molecular complexity index is 499. The van der Waals surface area contributed by atoms with Crippen LogP contribution in [0.2, 0.25) is 0 Å². The van der Waals surface area contributed by atoms with Crippen molar-refractivity contribution in [1.82, 2.24) is 0 Å². The van der Waals surface area contributed by atoms with Crippen molar-refractivity contribution in [3.63, 3.8) is 0 Å². The van der Waals surface area contributed by atoms with Crippen molar-refractivity contribution in [2.75, 3.05) is 0 Å². The van der Waals surface area contributed by atoms with Gasteiger partial charge < -0.3 is 10.5 Å². The van der Waals surface area contributed by atoms with Crippen molar-refractivity contribution in [3.8, 4) is 0 Å². The fraction of sp³-hybridized carbons (Fsp3) is 0.714. The van der Waals surface area contributed by atoms with Crippen LogP contribution >= 0.6 is 0 Å². The molecule has 2 aliphatic rings. The van der Waals surface area contributed by atoms with Gasteiger partial charge in [-0.1, -0.05) is 57.2 Å². The van der Waals surface area contributed by atoms with Gasteiger partial charge in [-0.3, -0.25) is 0 Å². The van der Waals surface area contributed by atoms with Crippen LogP contribution in [-0.4, -0.2) is 12.1 Å². The summed E-state index contributed by atoms with van der Waals surface area (Å²) in [6, 6.07) is 7.52. The van der Waals surface area contributed by atoms with Gasteiger partial charge in [0.1, 0.15) is 0 Å². The summed E-state index contributed by atoms with van der Waals surface area (Å²) < 4.78 is 6.13. The molecule has 1 fully saturated rings. The number of fused-ring (bicyclic) bond motifs is 1. The first-order chi connectivity index (χ1) is 11.3. The molecule has 0 amide bonds. The van der Waals surface area contributed by atoms with Gasteiger partial charge in [-0.05, 0) is 54.7 Å². The van der Waals surface area contributed by atoms with E-state index in [0.29, 0.717) is 18.1 Å². The molecule has 0 bridgehead atoms. The Labute approximate surface area is 141 Å². The highest BCUT2D eigenvalue weighted by Crippen LogP contribution is 2.35. The molecule has 0 aromatic heterocycles. The highest BCUT2D eigenvalue weighted by Gasteiger charge is 2.25. The Balaban J connectivity index is 1.51. The third-order valence-electron chi connectivity index (χ3n) is 5.73. The van der Waals surface area contributed by atoms with Gasteiger partial charge >= 0.3 is 0 Å². The SMILES string of the molecule is CCCCCCCC1Cc2ccc(C3CCC(N)C3)cc2CO1. The molecular weight excluding hydrogens is 282 g/mol. The van der Waals surface area contributed by atoms with Crippen LogP contribution in [0.4, 0.5) is 0 Å². The van der Waals surface area contributed by atoms with Crippen LogP contribution in [0.5, 0.6) is 0 Å². The highest BCUT2D eigenvalue weighted by atomic mass is 16.5. The third kappa shape index (κ3) is 4.58. The average Bonchev–Trinajstić information content (AvgIpc) is 3.00. The number of rotatable bonds is 7. The highest BCUT2D eigenvalue weighted by molar-refractivity contribution is 5.35. The van der Waals surface area contributed by atoms with Gasteiger partial charge in [0, 0.05) is 6.04 Å². The smallest absolute Gasteiger partial charge is 0.0723 e. The molecule has 0 saturated heterocycles. The lowest BCUT2D eigenvalue weighted by atomic mass is 9.90. The molecule has 0 spiro atoms. The van der Waals surface area contributed by atoms with E-state index < -0.39 is 0 Å². The maximum Gasteiger partial charge on any atom is 0.0723 e.